The minimum atomic E-state index is -0.443. The molecule has 2 N–H and O–H groups in total. The van der Waals surface area contributed by atoms with E-state index in [1.807, 2.05) is 13.8 Å². The summed E-state index contributed by atoms with van der Waals surface area (Å²) in [4.78, 5) is 11.6. The van der Waals surface area contributed by atoms with Crippen molar-refractivity contribution in [1.29, 1.82) is 0 Å². The van der Waals surface area contributed by atoms with Crippen LogP contribution in [0.2, 0.25) is 0 Å². The van der Waals surface area contributed by atoms with Gasteiger partial charge in [-0.15, -0.1) is 0 Å². The molecule has 1 aromatic carbocycles. The number of carbonyl (C=O) groups excluding carboxylic acids is 1. The van der Waals surface area contributed by atoms with Gasteiger partial charge < -0.3 is 20.1 Å². The molecule has 2 amide bonds. The molecule has 1 aromatic rings. The minimum Gasteiger partial charge on any atom is -0.351 e. The number of hydrogen-bond acceptors (Lipinski definition) is 3. The number of hydrogen-bond donors (Lipinski definition) is 2. The fraction of sp³-hybridized carbons (Fsp3) is 0.500. The third kappa shape index (κ3) is 6.49. The monoisotopic (exact) mass is 284 g/mol. The zero-order valence-corrected chi connectivity index (χ0v) is 11.8. The Bertz CT molecular complexity index is 392. The lowest BCUT2D eigenvalue weighted by molar-refractivity contribution is -0.131. The third-order valence-electron chi connectivity index (χ3n) is 2.50. The molecule has 0 atom stereocenters. The SMILES string of the molecule is CCOC(CNC(=O)NCc1ccc(F)cc1)OCC. The van der Waals surface area contributed by atoms with E-state index in [2.05, 4.69) is 10.6 Å². The van der Waals surface area contributed by atoms with E-state index in [1.165, 1.54) is 12.1 Å². The molecule has 0 aliphatic rings. The molecule has 0 fully saturated rings. The topological polar surface area (TPSA) is 59.6 Å². The molecule has 0 unspecified atom stereocenters. The van der Waals surface area contributed by atoms with Gasteiger partial charge >= 0.3 is 6.03 Å². The number of urea groups is 1. The van der Waals surface area contributed by atoms with Crippen LogP contribution < -0.4 is 10.6 Å². The average molecular weight is 284 g/mol. The summed E-state index contributed by atoms with van der Waals surface area (Å²) in [5.74, 6) is -0.297. The largest absolute Gasteiger partial charge is 0.351 e. The summed E-state index contributed by atoms with van der Waals surface area (Å²) in [7, 11) is 0. The number of carbonyl (C=O) groups is 1. The predicted octanol–water partition coefficient (Wildman–Crippen LogP) is 2.02. The van der Waals surface area contributed by atoms with Gasteiger partial charge in [-0.05, 0) is 31.5 Å². The van der Waals surface area contributed by atoms with Gasteiger partial charge in [0.05, 0.1) is 6.54 Å². The van der Waals surface area contributed by atoms with Gasteiger partial charge in [0, 0.05) is 19.8 Å². The first-order valence-electron chi connectivity index (χ1n) is 6.65. The second-order valence-electron chi connectivity index (χ2n) is 4.03. The van der Waals surface area contributed by atoms with Crippen molar-refractivity contribution in [3.8, 4) is 0 Å². The van der Waals surface area contributed by atoms with Crippen LogP contribution >= 0.6 is 0 Å². The third-order valence-corrected chi connectivity index (χ3v) is 2.50. The summed E-state index contributed by atoms with van der Waals surface area (Å²) in [5.41, 5.74) is 0.827. The van der Waals surface area contributed by atoms with Crippen LogP contribution in [0.3, 0.4) is 0 Å². The van der Waals surface area contributed by atoms with Gasteiger partial charge in [-0.2, -0.15) is 0 Å². The molecule has 0 aliphatic carbocycles. The van der Waals surface area contributed by atoms with Crippen LogP contribution in [0.25, 0.3) is 0 Å². The molecule has 5 nitrogen and oxygen atoms in total. The van der Waals surface area contributed by atoms with E-state index in [0.29, 0.717) is 19.8 Å². The Morgan fingerprint density at radius 2 is 1.75 bits per heavy atom. The lowest BCUT2D eigenvalue weighted by atomic mass is 10.2. The van der Waals surface area contributed by atoms with E-state index in [-0.39, 0.29) is 18.4 Å². The maximum Gasteiger partial charge on any atom is 0.315 e. The molecule has 20 heavy (non-hydrogen) atoms. The normalized spacial score (nSPS) is 10.6. The summed E-state index contributed by atoms with van der Waals surface area (Å²) in [6, 6.07) is 5.64. The van der Waals surface area contributed by atoms with Crippen LogP contribution in [0.1, 0.15) is 19.4 Å². The van der Waals surface area contributed by atoms with E-state index in [9.17, 15) is 9.18 Å². The standard InChI is InChI=1S/C14H21FN2O3/c1-3-19-13(20-4-2)10-17-14(18)16-9-11-5-7-12(15)8-6-11/h5-8,13H,3-4,9-10H2,1-2H3,(H2,16,17,18). The fourth-order valence-electron chi connectivity index (χ4n) is 1.56. The smallest absolute Gasteiger partial charge is 0.315 e. The van der Waals surface area contributed by atoms with Crippen molar-refractivity contribution in [3.05, 3.63) is 35.6 Å². The van der Waals surface area contributed by atoms with E-state index < -0.39 is 6.29 Å². The molecule has 112 valence electrons. The highest BCUT2D eigenvalue weighted by molar-refractivity contribution is 5.73. The Kier molecular flexibility index (Phi) is 7.60. The van der Waals surface area contributed by atoms with Crippen LogP contribution in [0.15, 0.2) is 24.3 Å². The Morgan fingerprint density at radius 1 is 1.15 bits per heavy atom. The number of halogens is 1. The molecule has 0 heterocycles. The highest BCUT2D eigenvalue weighted by atomic mass is 19.1. The second-order valence-corrected chi connectivity index (χ2v) is 4.03. The summed E-state index contributed by atoms with van der Waals surface area (Å²) in [5, 5.41) is 5.33. The summed E-state index contributed by atoms with van der Waals surface area (Å²) in [6.07, 6.45) is -0.443. The zero-order chi connectivity index (χ0) is 14.8. The maximum atomic E-state index is 12.7. The molecular weight excluding hydrogens is 263 g/mol. The van der Waals surface area contributed by atoms with Gasteiger partial charge in [-0.3, -0.25) is 0 Å². The van der Waals surface area contributed by atoms with Crippen molar-refractivity contribution >= 4 is 6.03 Å². The Balaban J connectivity index is 2.27. The molecule has 0 saturated carbocycles. The van der Waals surface area contributed by atoms with Gasteiger partial charge in [0.25, 0.3) is 0 Å². The van der Waals surface area contributed by atoms with E-state index >= 15 is 0 Å². The Morgan fingerprint density at radius 3 is 2.30 bits per heavy atom. The fourth-order valence-corrected chi connectivity index (χ4v) is 1.56. The van der Waals surface area contributed by atoms with Crippen molar-refractivity contribution in [2.45, 2.75) is 26.7 Å². The van der Waals surface area contributed by atoms with Crippen LogP contribution in [0.4, 0.5) is 9.18 Å². The quantitative estimate of drug-likeness (QED) is 0.718. The summed E-state index contributed by atoms with van der Waals surface area (Å²) in [6.45, 7) is 5.37. The maximum absolute atomic E-state index is 12.7. The van der Waals surface area contributed by atoms with Gasteiger partial charge in [-0.25, -0.2) is 9.18 Å². The number of ether oxygens (including phenoxy) is 2. The number of nitrogens with one attached hydrogen (secondary N) is 2. The molecule has 0 bridgehead atoms. The van der Waals surface area contributed by atoms with Gasteiger partial charge in [-0.1, -0.05) is 12.1 Å². The lowest BCUT2D eigenvalue weighted by Crippen LogP contribution is -2.41. The Labute approximate surface area is 118 Å². The van der Waals surface area contributed by atoms with Crippen molar-refractivity contribution in [2.24, 2.45) is 0 Å². The highest BCUT2D eigenvalue weighted by Crippen LogP contribution is 2.01. The molecule has 0 saturated heterocycles. The second kappa shape index (κ2) is 9.28. The first-order chi connectivity index (χ1) is 9.65. The average Bonchev–Trinajstić information content (AvgIpc) is 2.44. The van der Waals surface area contributed by atoms with E-state index in [4.69, 9.17) is 9.47 Å². The first kappa shape index (κ1) is 16.4. The molecule has 0 aromatic heterocycles. The molecule has 0 spiro atoms. The summed E-state index contributed by atoms with van der Waals surface area (Å²) < 4.78 is 23.3. The van der Waals surface area contributed by atoms with Gasteiger partial charge in [0.1, 0.15) is 5.82 Å². The number of benzene rings is 1. The molecule has 6 heteroatoms. The van der Waals surface area contributed by atoms with Gasteiger partial charge in [0.2, 0.25) is 0 Å². The van der Waals surface area contributed by atoms with Crippen LogP contribution in [0, 0.1) is 5.82 Å². The molecule has 1 rings (SSSR count). The van der Waals surface area contributed by atoms with Gasteiger partial charge in [0.15, 0.2) is 6.29 Å². The zero-order valence-electron chi connectivity index (χ0n) is 11.8. The van der Waals surface area contributed by atoms with E-state index in [0.717, 1.165) is 5.56 Å². The van der Waals surface area contributed by atoms with Crippen LogP contribution in [-0.4, -0.2) is 32.1 Å². The van der Waals surface area contributed by atoms with E-state index in [1.54, 1.807) is 12.1 Å². The van der Waals surface area contributed by atoms with Crippen molar-refractivity contribution in [2.75, 3.05) is 19.8 Å². The van der Waals surface area contributed by atoms with Crippen LogP contribution in [-0.2, 0) is 16.0 Å². The van der Waals surface area contributed by atoms with Crippen molar-refractivity contribution in [1.82, 2.24) is 10.6 Å². The Hall–Kier alpha value is -1.66. The van der Waals surface area contributed by atoms with Crippen molar-refractivity contribution < 1.29 is 18.7 Å². The number of amides is 2. The predicted molar refractivity (Wildman–Crippen MR) is 73.7 cm³/mol. The molecular formula is C14H21FN2O3. The first-order valence-corrected chi connectivity index (χ1v) is 6.65. The minimum absolute atomic E-state index is 0.275. The lowest BCUT2D eigenvalue weighted by Gasteiger charge is -2.17. The van der Waals surface area contributed by atoms with Crippen LogP contribution in [0.5, 0.6) is 0 Å². The van der Waals surface area contributed by atoms with Crippen molar-refractivity contribution in [3.63, 3.8) is 0 Å². The molecule has 0 aliphatic heterocycles. The number of rotatable bonds is 8. The highest BCUT2D eigenvalue weighted by Gasteiger charge is 2.09. The molecule has 0 radical (unpaired) electrons. The summed E-state index contributed by atoms with van der Waals surface area (Å²) >= 11 is 0.